The third-order valence-electron chi connectivity index (χ3n) is 5.21. The van der Waals surface area contributed by atoms with E-state index in [-0.39, 0.29) is 11.8 Å². The molecule has 4 rings (SSSR count). The van der Waals surface area contributed by atoms with E-state index in [9.17, 15) is 14.4 Å². The molecule has 154 valence electrons. The molecule has 0 aliphatic carbocycles. The molecule has 0 atom stereocenters. The number of piperidine rings is 1. The fourth-order valence-corrected chi connectivity index (χ4v) is 3.53. The number of fused-ring (bicyclic) bond motifs is 1. The summed E-state index contributed by atoms with van der Waals surface area (Å²) >= 11 is 0. The molecule has 1 saturated heterocycles. The molecule has 8 heteroatoms. The van der Waals surface area contributed by atoms with Gasteiger partial charge in [0.1, 0.15) is 5.58 Å². The molecule has 1 aliphatic heterocycles. The largest absolute Gasteiger partial charge is 0.451 e. The lowest BCUT2D eigenvalue weighted by Crippen LogP contribution is -2.43. The topological polar surface area (TPSA) is 105 Å². The Morgan fingerprint density at radius 2 is 1.87 bits per heavy atom. The van der Waals surface area contributed by atoms with Gasteiger partial charge in [-0.1, -0.05) is 18.2 Å². The number of carbonyl (C=O) groups is 3. The average molecular weight is 406 g/mol. The van der Waals surface area contributed by atoms with E-state index in [0.29, 0.717) is 36.7 Å². The van der Waals surface area contributed by atoms with Gasteiger partial charge in [-0.3, -0.25) is 19.4 Å². The summed E-state index contributed by atoms with van der Waals surface area (Å²) in [7, 11) is 0. The Balaban J connectivity index is 1.24. The fourth-order valence-electron chi connectivity index (χ4n) is 3.53. The van der Waals surface area contributed by atoms with E-state index >= 15 is 0 Å². The first-order valence-corrected chi connectivity index (χ1v) is 9.87. The van der Waals surface area contributed by atoms with Crippen molar-refractivity contribution in [2.45, 2.75) is 12.8 Å². The van der Waals surface area contributed by atoms with E-state index in [1.165, 1.54) is 6.20 Å². The maximum absolute atomic E-state index is 12.7. The van der Waals surface area contributed by atoms with Crippen molar-refractivity contribution in [3.8, 4) is 0 Å². The number of hydrogen-bond donors (Lipinski definition) is 2. The van der Waals surface area contributed by atoms with E-state index in [0.717, 1.165) is 18.2 Å². The van der Waals surface area contributed by atoms with Gasteiger partial charge < -0.3 is 20.0 Å². The number of hydrogen-bond acceptors (Lipinski definition) is 5. The van der Waals surface area contributed by atoms with Gasteiger partial charge in [-0.2, -0.15) is 0 Å². The van der Waals surface area contributed by atoms with Gasteiger partial charge in [-0.15, -0.1) is 0 Å². The highest BCUT2D eigenvalue weighted by Crippen LogP contribution is 2.23. The summed E-state index contributed by atoms with van der Waals surface area (Å²) in [6.07, 6.45) is 4.55. The normalized spacial score (nSPS) is 14.5. The zero-order valence-corrected chi connectivity index (χ0v) is 16.3. The number of pyridine rings is 1. The van der Waals surface area contributed by atoms with Crippen LogP contribution in [0.25, 0.3) is 11.0 Å². The number of amides is 3. The molecule has 0 unspecified atom stereocenters. The Kier molecular flexibility index (Phi) is 5.74. The smallest absolute Gasteiger partial charge is 0.313 e. The minimum atomic E-state index is -0.722. The minimum Gasteiger partial charge on any atom is -0.451 e. The molecular weight excluding hydrogens is 384 g/mol. The van der Waals surface area contributed by atoms with E-state index < -0.39 is 11.8 Å². The van der Waals surface area contributed by atoms with Gasteiger partial charge in [-0.05, 0) is 43.0 Å². The van der Waals surface area contributed by atoms with Gasteiger partial charge >= 0.3 is 11.8 Å². The van der Waals surface area contributed by atoms with Crippen LogP contribution in [0.15, 0.2) is 59.3 Å². The van der Waals surface area contributed by atoms with Crippen molar-refractivity contribution >= 4 is 34.4 Å². The maximum atomic E-state index is 12.7. The number of carbonyl (C=O) groups excluding carboxylic acids is 3. The first-order valence-electron chi connectivity index (χ1n) is 9.87. The lowest BCUT2D eigenvalue weighted by atomic mass is 9.96. The van der Waals surface area contributed by atoms with Gasteiger partial charge in [0.15, 0.2) is 5.76 Å². The molecule has 2 aromatic heterocycles. The van der Waals surface area contributed by atoms with Crippen LogP contribution in [0.4, 0.5) is 5.69 Å². The lowest BCUT2D eigenvalue weighted by Gasteiger charge is -2.31. The highest BCUT2D eigenvalue weighted by atomic mass is 16.3. The molecule has 2 N–H and O–H groups in total. The number of para-hydroxylation sites is 1. The zero-order chi connectivity index (χ0) is 20.9. The van der Waals surface area contributed by atoms with Gasteiger partial charge in [-0.25, -0.2) is 0 Å². The van der Waals surface area contributed by atoms with Crippen LogP contribution >= 0.6 is 0 Å². The minimum absolute atomic E-state index is 0.121. The van der Waals surface area contributed by atoms with Gasteiger partial charge in [0, 0.05) is 31.2 Å². The molecule has 30 heavy (non-hydrogen) atoms. The monoisotopic (exact) mass is 406 g/mol. The molecule has 1 aliphatic rings. The summed E-state index contributed by atoms with van der Waals surface area (Å²) in [4.78, 5) is 42.3. The third kappa shape index (κ3) is 4.48. The van der Waals surface area contributed by atoms with Crippen LogP contribution in [0.3, 0.4) is 0 Å². The molecule has 0 saturated carbocycles. The second-order valence-electron chi connectivity index (χ2n) is 7.29. The Morgan fingerprint density at radius 1 is 1.07 bits per heavy atom. The van der Waals surface area contributed by atoms with E-state index in [1.807, 2.05) is 24.3 Å². The molecular formula is C22H22N4O4. The SMILES string of the molecule is O=C(NCC1CCN(C(=O)c2cc3ccccc3o2)CC1)C(=O)Nc1cccnc1. The molecule has 1 fully saturated rings. The molecule has 3 aromatic rings. The molecule has 3 amide bonds. The number of nitrogens with zero attached hydrogens (tertiary/aromatic N) is 2. The van der Waals surface area contributed by atoms with Crippen LogP contribution in [0.5, 0.6) is 0 Å². The molecule has 8 nitrogen and oxygen atoms in total. The first-order chi connectivity index (χ1) is 14.6. The average Bonchev–Trinajstić information content (AvgIpc) is 3.22. The summed E-state index contributed by atoms with van der Waals surface area (Å²) in [5, 5.41) is 6.08. The second-order valence-corrected chi connectivity index (χ2v) is 7.29. The van der Waals surface area contributed by atoms with Crippen LogP contribution < -0.4 is 10.6 Å². The standard InChI is InChI=1S/C22H22N4O4/c27-20(21(28)25-17-5-3-9-23-14-17)24-13-15-7-10-26(11-8-15)22(29)19-12-16-4-1-2-6-18(16)30-19/h1-6,9,12,14-15H,7-8,10-11,13H2,(H,24,27)(H,25,28). The van der Waals surface area contributed by atoms with Crippen LogP contribution in [0.2, 0.25) is 0 Å². The van der Waals surface area contributed by atoms with Gasteiger partial charge in [0.2, 0.25) is 0 Å². The highest BCUT2D eigenvalue weighted by Gasteiger charge is 2.26. The first kappa shape index (κ1) is 19.6. The number of nitrogens with one attached hydrogen (secondary N) is 2. The van der Waals surface area contributed by atoms with Crippen molar-refractivity contribution in [1.82, 2.24) is 15.2 Å². The Labute approximate surface area is 173 Å². The molecule has 3 heterocycles. The van der Waals surface area contributed by atoms with Crippen LogP contribution in [-0.4, -0.2) is 47.2 Å². The van der Waals surface area contributed by atoms with E-state index in [1.54, 1.807) is 29.3 Å². The van der Waals surface area contributed by atoms with Gasteiger partial charge in [0.05, 0.1) is 11.9 Å². The number of furan rings is 1. The van der Waals surface area contributed by atoms with Gasteiger partial charge in [0.25, 0.3) is 5.91 Å². The molecule has 0 bridgehead atoms. The second kappa shape index (κ2) is 8.77. The van der Waals surface area contributed by atoms with Crippen molar-refractivity contribution in [2.75, 3.05) is 25.0 Å². The van der Waals surface area contributed by atoms with Crippen molar-refractivity contribution in [1.29, 1.82) is 0 Å². The van der Waals surface area contributed by atoms with Crippen molar-refractivity contribution in [2.24, 2.45) is 5.92 Å². The van der Waals surface area contributed by atoms with Crippen molar-refractivity contribution in [3.05, 3.63) is 60.6 Å². The summed E-state index contributed by atoms with van der Waals surface area (Å²) in [6, 6.07) is 12.6. The third-order valence-corrected chi connectivity index (χ3v) is 5.21. The number of benzene rings is 1. The number of rotatable bonds is 4. The lowest BCUT2D eigenvalue weighted by molar-refractivity contribution is -0.136. The summed E-state index contributed by atoms with van der Waals surface area (Å²) in [5.74, 6) is -0.973. The van der Waals surface area contributed by atoms with Crippen LogP contribution in [0.1, 0.15) is 23.4 Å². The van der Waals surface area contributed by atoms with Crippen molar-refractivity contribution in [3.63, 3.8) is 0 Å². The highest BCUT2D eigenvalue weighted by molar-refractivity contribution is 6.39. The summed E-state index contributed by atoms with van der Waals surface area (Å²) in [6.45, 7) is 1.56. The number of aromatic nitrogens is 1. The fraction of sp³-hybridized carbons (Fsp3) is 0.273. The van der Waals surface area contributed by atoms with E-state index in [4.69, 9.17) is 4.42 Å². The Morgan fingerprint density at radius 3 is 2.60 bits per heavy atom. The summed E-state index contributed by atoms with van der Waals surface area (Å²) < 4.78 is 5.67. The van der Waals surface area contributed by atoms with Crippen molar-refractivity contribution < 1.29 is 18.8 Å². The zero-order valence-electron chi connectivity index (χ0n) is 16.3. The molecule has 1 aromatic carbocycles. The maximum Gasteiger partial charge on any atom is 0.313 e. The quantitative estimate of drug-likeness (QED) is 0.648. The number of anilines is 1. The predicted molar refractivity (Wildman–Crippen MR) is 111 cm³/mol. The van der Waals surface area contributed by atoms with E-state index in [2.05, 4.69) is 15.6 Å². The Bertz CT molecular complexity index is 1020. The summed E-state index contributed by atoms with van der Waals surface area (Å²) in [5.41, 5.74) is 1.16. The van der Waals surface area contributed by atoms with Crippen LogP contribution in [0, 0.1) is 5.92 Å². The Hall–Kier alpha value is -3.68. The van der Waals surface area contributed by atoms with Crippen LogP contribution in [-0.2, 0) is 9.59 Å². The molecule has 0 spiro atoms. The molecule has 0 radical (unpaired) electrons. The number of likely N-dealkylation sites (tertiary alicyclic amines) is 1. The predicted octanol–water partition coefficient (Wildman–Crippen LogP) is 2.43.